The summed E-state index contributed by atoms with van der Waals surface area (Å²) in [5, 5.41) is 0.728. The average Bonchev–Trinajstić information content (AvgIpc) is 2.09. The summed E-state index contributed by atoms with van der Waals surface area (Å²) in [7, 11) is 1.54. The number of thioether (sulfide) groups is 1. The Hall–Kier alpha value is 0.490. The molecular weight excluding hydrogens is 230 g/mol. The zero-order chi connectivity index (χ0) is 8.81. The largest absolute Gasteiger partial charge is 0.263 e. The second-order valence-electron chi connectivity index (χ2n) is 1.99. The molecule has 1 aromatic heterocycles. The van der Waals surface area contributed by atoms with Crippen LogP contribution in [-0.4, -0.2) is 16.5 Å². The van der Waals surface area contributed by atoms with Crippen LogP contribution in [0.2, 0.25) is 5.02 Å². The number of nitrogens with zero attached hydrogens (tertiary/aromatic N) is 1. The van der Waals surface area contributed by atoms with Crippen LogP contribution in [0.1, 0.15) is 0 Å². The molecule has 0 aromatic carbocycles. The van der Waals surface area contributed by atoms with E-state index in [4.69, 9.17) is 11.6 Å². The maximum absolute atomic E-state index is 5.89. The molecule has 0 aliphatic heterocycles. The van der Waals surface area contributed by atoms with Crippen LogP contribution in [0.3, 0.4) is 0 Å². The summed E-state index contributed by atoms with van der Waals surface area (Å²) in [6.45, 7) is 0. The second-order valence-corrected chi connectivity index (χ2v) is 4.97. The Bertz CT molecular complexity index is 244. The molecule has 0 amide bonds. The highest BCUT2D eigenvalue weighted by molar-refractivity contribution is 8.68. The van der Waals surface area contributed by atoms with Crippen LogP contribution in [-0.2, 0) is 0 Å². The maximum atomic E-state index is 5.89. The molecule has 0 bridgehead atoms. The number of halogens is 1. The summed E-state index contributed by atoms with van der Waals surface area (Å²) in [5.41, 5.74) is 0. The van der Waals surface area contributed by atoms with Crippen LogP contribution in [0.25, 0.3) is 0 Å². The zero-order valence-corrected chi connectivity index (χ0v) is 9.52. The summed E-state index contributed by atoms with van der Waals surface area (Å²) in [6.07, 6.45) is 3.42. The highest BCUT2D eigenvalue weighted by atomic mass is 35.5. The summed E-state index contributed by atoms with van der Waals surface area (Å²) in [5.74, 6) is 2.05. The van der Waals surface area contributed by atoms with Gasteiger partial charge in [0, 0.05) is 28.8 Å². The molecule has 1 aromatic rings. The molecule has 0 aliphatic rings. The van der Waals surface area contributed by atoms with Crippen molar-refractivity contribution < 1.29 is 0 Å². The lowest BCUT2D eigenvalue weighted by molar-refractivity contribution is 1.26. The van der Waals surface area contributed by atoms with Gasteiger partial charge in [-0.15, -0.1) is 23.4 Å². The summed E-state index contributed by atoms with van der Waals surface area (Å²) >= 11 is 11.7. The minimum absolute atomic E-state index is 0.728. The van der Waals surface area contributed by atoms with E-state index in [1.807, 2.05) is 6.07 Å². The van der Waals surface area contributed by atoms with Crippen LogP contribution in [0.5, 0.6) is 0 Å². The first-order valence-electron chi connectivity index (χ1n) is 3.33. The smallest absolute Gasteiger partial charge is 0.0725 e. The summed E-state index contributed by atoms with van der Waals surface area (Å²) in [6, 6.07) is 1.93. The molecule has 12 heavy (non-hydrogen) atoms. The van der Waals surface area contributed by atoms with Crippen molar-refractivity contribution in [3.8, 4) is 0 Å². The SMILES string of the molecule is SSCCSc1ccncc1Cl. The molecule has 0 spiro atoms. The molecule has 0 saturated heterocycles. The van der Waals surface area contributed by atoms with Crippen molar-refractivity contribution in [1.29, 1.82) is 0 Å². The standard InChI is InChI=1S/C7H8ClNS3/c8-6-5-9-2-1-7(6)11-3-4-12-10/h1-2,5,10H,3-4H2. The fourth-order valence-electron chi connectivity index (χ4n) is 0.668. The zero-order valence-electron chi connectivity index (χ0n) is 6.24. The van der Waals surface area contributed by atoms with Gasteiger partial charge in [0.25, 0.3) is 0 Å². The van der Waals surface area contributed by atoms with Crippen LogP contribution >= 0.6 is 45.8 Å². The van der Waals surface area contributed by atoms with E-state index in [0.29, 0.717) is 0 Å². The predicted molar refractivity (Wildman–Crippen MR) is 61.4 cm³/mol. The molecule has 1 rings (SSSR count). The molecule has 0 N–H and O–H groups in total. The normalized spacial score (nSPS) is 10.2. The molecular formula is C7H8ClNS3. The summed E-state index contributed by atoms with van der Waals surface area (Å²) < 4.78 is 0. The molecule has 0 aliphatic carbocycles. The Morgan fingerprint density at radius 1 is 1.50 bits per heavy atom. The monoisotopic (exact) mass is 237 g/mol. The van der Waals surface area contributed by atoms with Crippen molar-refractivity contribution in [2.75, 3.05) is 11.5 Å². The van der Waals surface area contributed by atoms with Crippen LogP contribution < -0.4 is 0 Å². The maximum Gasteiger partial charge on any atom is 0.0725 e. The van der Waals surface area contributed by atoms with Gasteiger partial charge in [0.2, 0.25) is 0 Å². The first-order chi connectivity index (χ1) is 5.84. The number of aromatic nitrogens is 1. The molecule has 0 radical (unpaired) electrons. The highest BCUT2D eigenvalue weighted by Crippen LogP contribution is 2.26. The van der Waals surface area contributed by atoms with Gasteiger partial charge < -0.3 is 0 Å². The average molecular weight is 238 g/mol. The number of hydrogen-bond donors (Lipinski definition) is 1. The number of pyridine rings is 1. The van der Waals surface area contributed by atoms with Crippen LogP contribution in [0.15, 0.2) is 23.4 Å². The van der Waals surface area contributed by atoms with Gasteiger partial charge in [-0.1, -0.05) is 22.4 Å². The van der Waals surface area contributed by atoms with E-state index in [1.165, 1.54) is 0 Å². The van der Waals surface area contributed by atoms with Gasteiger partial charge in [0.05, 0.1) is 5.02 Å². The number of hydrogen-bond acceptors (Lipinski definition) is 4. The molecule has 0 unspecified atom stereocenters. The Kier molecular flexibility index (Phi) is 5.30. The molecule has 1 heterocycles. The van der Waals surface area contributed by atoms with Gasteiger partial charge >= 0.3 is 0 Å². The summed E-state index contributed by atoms with van der Waals surface area (Å²) in [4.78, 5) is 5.00. The van der Waals surface area contributed by atoms with Crippen molar-refractivity contribution in [2.45, 2.75) is 4.90 Å². The molecule has 66 valence electrons. The Balaban J connectivity index is 2.46. The van der Waals surface area contributed by atoms with E-state index in [1.54, 1.807) is 34.9 Å². The third kappa shape index (κ3) is 3.47. The third-order valence-corrected chi connectivity index (χ3v) is 3.85. The van der Waals surface area contributed by atoms with E-state index >= 15 is 0 Å². The molecule has 0 fully saturated rings. The van der Waals surface area contributed by atoms with Crippen molar-refractivity contribution in [3.63, 3.8) is 0 Å². The molecule has 1 nitrogen and oxygen atoms in total. The van der Waals surface area contributed by atoms with Gasteiger partial charge in [-0.2, -0.15) is 0 Å². The van der Waals surface area contributed by atoms with Crippen molar-refractivity contribution >= 4 is 45.8 Å². The first kappa shape index (κ1) is 10.6. The number of rotatable bonds is 4. The van der Waals surface area contributed by atoms with Crippen LogP contribution in [0, 0.1) is 0 Å². The molecule has 0 atom stereocenters. The van der Waals surface area contributed by atoms with E-state index < -0.39 is 0 Å². The van der Waals surface area contributed by atoms with Gasteiger partial charge in [-0.05, 0) is 6.07 Å². The minimum Gasteiger partial charge on any atom is -0.263 e. The van der Waals surface area contributed by atoms with Gasteiger partial charge in [-0.25, -0.2) is 0 Å². The first-order valence-corrected chi connectivity index (χ1v) is 6.73. The lowest BCUT2D eigenvalue weighted by Crippen LogP contribution is -1.82. The Labute approximate surface area is 90.5 Å². The Morgan fingerprint density at radius 2 is 2.33 bits per heavy atom. The molecule has 5 heteroatoms. The van der Waals surface area contributed by atoms with Crippen LogP contribution in [0.4, 0.5) is 0 Å². The topological polar surface area (TPSA) is 12.9 Å². The van der Waals surface area contributed by atoms with Crippen molar-refractivity contribution in [2.24, 2.45) is 0 Å². The second kappa shape index (κ2) is 6.02. The fourth-order valence-corrected chi connectivity index (χ4v) is 2.82. The van der Waals surface area contributed by atoms with E-state index in [-0.39, 0.29) is 0 Å². The third-order valence-electron chi connectivity index (χ3n) is 1.17. The van der Waals surface area contributed by atoms with E-state index in [2.05, 4.69) is 16.6 Å². The van der Waals surface area contributed by atoms with Gasteiger partial charge in [0.15, 0.2) is 0 Å². The predicted octanol–water partition coefficient (Wildman–Crippen LogP) is 3.41. The minimum atomic E-state index is 0.728. The Morgan fingerprint density at radius 3 is 3.00 bits per heavy atom. The quantitative estimate of drug-likeness (QED) is 0.373. The lowest BCUT2D eigenvalue weighted by Gasteiger charge is -2.00. The lowest BCUT2D eigenvalue weighted by atomic mass is 10.5. The van der Waals surface area contributed by atoms with Gasteiger partial charge in [-0.3, -0.25) is 4.98 Å². The van der Waals surface area contributed by atoms with E-state index in [9.17, 15) is 0 Å². The molecule has 0 saturated carbocycles. The van der Waals surface area contributed by atoms with Gasteiger partial charge in [0.1, 0.15) is 0 Å². The highest BCUT2D eigenvalue weighted by Gasteiger charge is 1.98. The fraction of sp³-hybridized carbons (Fsp3) is 0.286. The number of thiol groups is 1. The van der Waals surface area contributed by atoms with Crippen molar-refractivity contribution in [1.82, 2.24) is 4.98 Å². The van der Waals surface area contributed by atoms with E-state index in [0.717, 1.165) is 21.4 Å². The van der Waals surface area contributed by atoms with Crippen molar-refractivity contribution in [3.05, 3.63) is 23.5 Å².